The second kappa shape index (κ2) is 5.42. The molecule has 2 aliphatic rings. The van der Waals surface area contributed by atoms with Gasteiger partial charge in [0.15, 0.2) is 5.79 Å². The summed E-state index contributed by atoms with van der Waals surface area (Å²) in [5.41, 5.74) is 1.26. The Morgan fingerprint density at radius 1 is 1.19 bits per heavy atom. The molecule has 3 rings (SSSR count). The fourth-order valence-corrected chi connectivity index (χ4v) is 3.55. The van der Waals surface area contributed by atoms with Crippen LogP contribution in [0.2, 0.25) is 0 Å². The standard InChI is InChI=1S/C17H22N2O2/c1-12-15-16(21-17(2,3)20-15)14(9-10-18)19(12)11-13-7-5-4-6-8-13/h4-8,12,14-16H,9,11H2,1-3H3/t12-,14+,15-,16+/m1/s1. The monoisotopic (exact) mass is 286 g/mol. The van der Waals surface area contributed by atoms with Crippen LogP contribution >= 0.6 is 0 Å². The first-order chi connectivity index (χ1) is 10.0. The van der Waals surface area contributed by atoms with Crippen LogP contribution in [0.1, 0.15) is 32.8 Å². The van der Waals surface area contributed by atoms with E-state index in [2.05, 4.69) is 30.0 Å². The number of ether oxygens (including phenoxy) is 2. The van der Waals surface area contributed by atoms with Crippen LogP contribution in [0.15, 0.2) is 30.3 Å². The topological polar surface area (TPSA) is 45.5 Å². The zero-order valence-corrected chi connectivity index (χ0v) is 12.8. The highest BCUT2D eigenvalue weighted by Crippen LogP contribution is 2.41. The molecular weight excluding hydrogens is 264 g/mol. The Labute approximate surface area is 126 Å². The molecule has 0 aliphatic carbocycles. The number of rotatable bonds is 3. The highest BCUT2D eigenvalue weighted by atomic mass is 16.8. The van der Waals surface area contributed by atoms with E-state index in [0.717, 1.165) is 6.54 Å². The van der Waals surface area contributed by atoms with E-state index >= 15 is 0 Å². The van der Waals surface area contributed by atoms with Crippen molar-refractivity contribution in [2.24, 2.45) is 0 Å². The van der Waals surface area contributed by atoms with Crippen molar-refractivity contribution in [3.63, 3.8) is 0 Å². The molecule has 1 aromatic rings. The van der Waals surface area contributed by atoms with E-state index in [1.165, 1.54) is 5.56 Å². The third-order valence-corrected chi connectivity index (χ3v) is 4.48. The minimum absolute atomic E-state index is 0.0154. The van der Waals surface area contributed by atoms with Crippen molar-refractivity contribution in [1.29, 1.82) is 5.26 Å². The number of nitrogens with zero attached hydrogens (tertiary/aromatic N) is 2. The summed E-state index contributed by atoms with van der Waals surface area (Å²) >= 11 is 0. The van der Waals surface area contributed by atoms with Crippen molar-refractivity contribution >= 4 is 0 Å². The summed E-state index contributed by atoms with van der Waals surface area (Å²) in [5.74, 6) is -0.546. The van der Waals surface area contributed by atoms with Crippen molar-refractivity contribution < 1.29 is 9.47 Å². The first kappa shape index (κ1) is 14.5. The van der Waals surface area contributed by atoms with Crippen molar-refractivity contribution in [1.82, 2.24) is 4.90 Å². The molecule has 2 saturated heterocycles. The third kappa shape index (κ3) is 2.69. The van der Waals surface area contributed by atoms with Gasteiger partial charge in [-0.05, 0) is 26.3 Å². The maximum absolute atomic E-state index is 9.17. The van der Waals surface area contributed by atoms with E-state index in [-0.39, 0.29) is 24.3 Å². The number of benzene rings is 1. The van der Waals surface area contributed by atoms with Crippen LogP contribution in [-0.2, 0) is 16.0 Å². The highest BCUT2D eigenvalue weighted by molar-refractivity contribution is 5.17. The molecule has 0 spiro atoms. The van der Waals surface area contributed by atoms with Crippen LogP contribution in [0.5, 0.6) is 0 Å². The van der Waals surface area contributed by atoms with Crippen molar-refractivity contribution in [2.45, 2.75) is 63.8 Å². The molecule has 0 N–H and O–H groups in total. The lowest BCUT2D eigenvalue weighted by Crippen LogP contribution is -2.41. The van der Waals surface area contributed by atoms with Crippen molar-refractivity contribution in [3.05, 3.63) is 35.9 Å². The number of hydrogen-bond donors (Lipinski definition) is 0. The average Bonchev–Trinajstić information content (AvgIpc) is 2.88. The predicted molar refractivity (Wildman–Crippen MR) is 79.3 cm³/mol. The van der Waals surface area contributed by atoms with E-state index in [1.807, 2.05) is 32.0 Å². The van der Waals surface area contributed by atoms with E-state index in [1.54, 1.807) is 0 Å². The molecular formula is C17H22N2O2. The molecule has 0 amide bonds. The molecule has 4 heteroatoms. The Hall–Kier alpha value is -1.41. The van der Waals surface area contributed by atoms with Crippen LogP contribution in [-0.4, -0.2) is 35.0 Å². The fraction of sp³-hybridized carbons (Fsp3) is 0.588. The quantitative estimate of drug-likeness (QED) is 0.857. The van der Waals surface area contributed by atoms with Gasteiger partial charge >= 0.3 is 0 Å². The zero-order valence-electron chi connectivity index (χ0n) is 12.8. The minimum atomic E-state index is -0.546. The number of fused-ring (bicyclic) bond motifs is 1. The molecule has 21 heavy (non-hydrogen) atoms. The van der Waals surface area contributed by atoms with Gasteiger partial charge in [-0.2, -0.15) is 5.26 Å². The van der Waals surface area contributed by atoms with Crippen LogP contribution in [0.25, 0.3) is 0 Å². The first-order valence-electron chi connectivity index (χ1n) is 7.54. The van der Waals surface area contributed by atoms with Crippen LogP contribution in [0.3, 0.4) is 0 Å². The van der Waals surface area contributed by atoms with Gasteiger partial charge in [0.05, 0.1) is 18.5 Å². The number of hydrogen-bond acceptors (Lipinski definition) is 4. The molecule has 2 fully saturated rings. The largest absolute Gasteiger partial charge is 0.343 e. The second-order valence-corrected chi connectivity index (χ2v) is 6.39. The van der Waals surface area contributed by atoms with Gasteiger partial charge in [-0.15, -0.1) is 0 Å². The Kier molecular flexibility index (Phi) is 3.75. The normalized spacial score (nSPS) is 34.6. The average molecular weight is 286 g/mol. The van der Waals surface area contributed by atoms with E-state index in [9.17, 15) is 5.26 Å². The zero-order chi connectivity index (χ0) is 15.0. The predicted octanol–water partition coefficient (Wildman–Crippen LogP) is 2.69. The van der Waals surface area contributed by atoms with Gasteiger partial charge in [0, 0.05) is 12.6 Å². The molecule has 0 aromatic heterocycles. The van der Waals surface area contributed by atoms with Crippen LogP contribution in [0, 0.1) is 11.3 Å². The Bertz CT molecular complexity index is 537. The SMILES string of the molecule is C[C@@H]1[C@H]2OC(C)(C)O[C@H]2[C@H](CC#N)N1Cc1ccccc1. The Balaban J connectivity index is 1.82. The lowest BCUT2D eigenvalue weighted by atomic mass is 10.1. The minimum Gasteiger partial charge on any atom is -0.343 e. The Morgan fingerprint density at radius 3 is 2.52 bits per heavy atom. The highest BCUT2D eigenvalue weighted by Gasteiger charge is 2.55. The summed E-state index contributed by atoms with van der Waals surface area (Å²) in [6.07, 6.45) is 0.498. The summed E-state index contributed by atoms with van der Waals surface area (Å²) in [7, 11) is 0. The summed E-state index contributed by atoms with van der Waals surface area (Å²) in [6, 6.07) is 13.0. The lowest BCUT2D eigenvalue weighted by Gasteiger charge is -2.31. The summed E-state index contributed by atoms with van der Waals surface area (Å²) in [6.45, 7) is 6.89. The molecule has 0 unspecified atom stereocenters. The van der Waals surface area contributed by atoms with Crippen LogP contribution < -0.4 is 0 Å². The van der Waals surface area contributed by atoms with E-state index in [0.29, 0.717) is 6.42 Å². The van der Waals surface area contributed by atoms with E-state index < -0.39 is 5.79 Å². The Morgan fingerprint density at radius 2 is 1.86 bits per heavy atom. The van der Waals surface area contributed by atoms with Crippen molar-refractivity contribution in [2.75, 3.05) is 0 Å². The van der Waals surface area contributed by atoms with Gasteiger partial charge in [0.1, 0.15) is 12.2 Å². The molecule has 0 bridgehead atoms. The number of nitriles is 1. The molecule has 0 radical (unpaired) electrons. The summed E-state index contributed by atoms with van der Waals surface area (Å²) < 4.78 is 12.1. The summed E-state index contributed by atoms with van der Waals surface area (Å²) in [5, 5.41) is 9.17. The second-order valence-electron chi connectivity index (χ2n) is 6.39. The fourth-order valence-electron chi connectivity index (χ4n) is 3.55. The molecule has 2 heterocycles. The maximum Gasteiger partial charge on any atom is 0.163 e. The molecule has 112 valence electrons. The van der Waals surface area contributed by atoms with Gasteiger partial charge in [-0.25, -0.2) is 0 Å². The van der Waals surface area contributed by atoms with Gasteiger partial charge in [-0.3, -0.25) is 4.90 Å². The van der Waals surface area contributed by atoms with Gasteiger partial charge in [0.25, 0.3) is 0 Å². The molecule has 1 aromatic carbocycles. The van der Waals surface area contributed by atoms with Crippen LogP contribution in [0.4, 0.5) is 0 Å². The van der Waals surface area contributed by atoms with Gasteiger partial charge in [-0.1, -0.05) is 30.3 Å². The molecule has 4 atom stereocenters. The van der Waals surface area contributed by atoms with E-state index in [4.69, 9.17) is 9.47 Å². The molecule has 0 saturated carbocycles. The number of likely N-dealkylation sites (tertiary alicyclic amines) is 1. The van der Waals surface area contributed by atoms with Gasteiger partial charge in [0.2, 0.25) is 0 Å². The summed E-state index contributed by atoms with van der Waals surface area (Å²) in [4.78, 5) is 2.35. The maximum atomic E-state index is 9.17. The lowest BCUT2D eigenvalue weighted by molar-refractivity contribution is -0.167. The first-order valence-corrected chi connectivity index (χ1v) is 7.54. The smallest absolute Gasteiger partial charge is 0.163 e. The molecule has 2 aliphatic heterocycles. The van der Waals surface area contributed by atoms with Gasteiger partial charge < -0.3 is 9.47 Å². The van der Waals surface area contributed by atoms with Crippen molar-refractivity contribution in [3.8, 4) is 6.07 Å². The third-order valence-electron chi connectivity index (χ3n) is 4.48. The molecule has 4 nitrogen and oxygen atoms in total.